The second-order valence-corrected chi connectivity index (χ2v) is 7.29. The fraction of sp³-hybridized carbons (Fsp3) is 0.208. The maximum atomic E-state index is 13.3. The van der Waals surface area contributed by atoms with E-state index in [1.165, 1.54) is 18.2 Å². The molecule has 2 aromatic carbocycles. The SMILES string of the molecule is CC(C)C(=O)NCCNC(=O)/C=C/c1cn(-c2ccccc2)nc1-c1ccc(F)cc1. The van der Waals surface area contributed by atoms with Crippen LogP contribution in [0.3, 0.4) is 0 Å². The standard InChI is InChI=1S/C24H25FN4O2/c1-17(2)24(31)27-15-14-26-22(30)13-10-19-16-29(21-6-4-3-5-7-21)28-23(19)18-8-11-20(25)12-9-18/h3-13,16-17H,14-15H2,1-2H3,(H,26,30)(H,27,31)/b13-10+. The van der Waals surface area contributed by atoms with Crippen molar-refractivity contribution in [2.45, 2.75) is 13.8 Å². The van der Waals surface area contributed by atoms with Gasteiger partial charge in [-0.1, -0.05) is 32.0 Å². The molecule has 2 amide bonds. The summed E-state index contributed by atoms with van der Waals surface area (Å²) < 4.78 is 15.1. The zero-order valence-corrected chi connectivity index (χ0v) is 17.5. The van der Waals surface area contributed by atoms with Gasteiger partial charge in [0.25, 0.3) is 0 Å². The van der Waals surface area contributed by atoms with Gasteiger partial charge in [0.15, 0.2) is 0 Å². The van der Waals surface area contributed by atoms with Gasteiger partial charge in [0, 0.05) is 42.4 Å². The Balaban J connectivity index is 1.74. The molecule has 7 heteroatoms. The number of hydrogen-bond acceptors (Lipinski definition) is 3. The highest BCUT2D eigenvalue weighted by molar-refractivity contribution is 5.92. The summed E-state index contributed by atoms with van der Waals surface area (Å²) in [6, 6.07) is 15.7. The van der Waals surface area contributed by atoms with Crippen LogP contribution in [-0.4, -0.2) is 34.7 Å². The van der Waals surface area contributed by atoms with Gasteiger partial charge in [-0.05, 0) is 42.5 Å². The molecule has 3 rings (SSSR count). The van der Waals surface area contributed by atoms with Crippen LogP contribution in [0.4, 0.5) is 4.39 Å². The summed E-state index contributed by atoms with van der Waals surface area (Å²) in [5.41, 5.74) is 2.97. The molecule has 0 aliphatic carbocycles. The highest BCUT2D eigenvalue weighted by Gasteiger charge is 2.11. The summed E-state index contributed by atoms with van der Waals surface area (Å²) in [5, 5.41) is 10.1. The van der Waals surface area contributed by atoms with Gasteiger partial charge in [0.05, 0.1) is 11.4 Å². The van der Waals surface area contributed by atoms with Gasteiger partial charge in [0.2, 0.25) is 11.8 Å². The van der Waals surface area contributed by atoms with Gasteiger partial charge in [-0.2, -0.15) is 5.10 Å². The molecule has 160 valence electrons. The first-order valence-corrected chi connectivity index (χ1v) is 10.1. The van der Waals surface area contributed by atoms with Crippen molar-refractivity contribution < 1.29 is 14.0 Å². The number of benzene rings is 2. The molecule has 0 saturated carbocycles. The molecule has 0 fully saturated rings. The highest BCUT2D eigenvalue weighted by atomic mass is 19.1. The number of nitrogens with zero attached hydrogens (tertiary/aromatic N) is 2. The summed E-state index contributed by atoms with van der Waals surface area (Å²) in [6.45, 7) is 4.31. The summed E-state index contributed by atoms with van der Waals surface area (Å²) in [4.78, 5) is 23.7. The largest absolute Gasteiger partial charge is 0.354 e. The molecule has 1 aromatic heterocycles. The van der Waals surface area contributed by atoms with E-state index in [0.29, 0.717) is 18.8 Å². The molecule has 0 aliphatic heterocycles. The van der Waals surface area contributed by atoms with E-state index in [2.05, 4.69) is 15.7 Å². The molecule has 0 aliphatic rings. The fourth-order valence-corrected chi connectivity index (χ4v) is 2.85. The molecule has 3 aromatic rings. The van der Waals surface area contributed by atoms with Gasteiger partial charge >= 0.3 is 0 Å². The lowest BCUT2D eigenvalue weighted by Crippen LogP contribution is -2.35. The van der Waals surface area contributed by atoms with Gasteiger partial charge in [-0.3, -0.25) is 9.59 Å². The lowest BCUT2D eigenvalue weighted by Gasteiger charge is -2.07. The second kappa shape index (κ2) is 10.3. The average molecular weight is 420 g/mol. The van der Waals surface area contributed by atoms with E-state index in [4.69, 9.17) is 0 Å². The van der Waals surface area contributed by atoms with Crippen molar-refractivity contribution in [1.82, 2.24) is 20.4 Å². The molecular formula is C24H25FN4O2. The first kappa shape index (κ1) is 22.0. The third-order valence-corrected chi connectivity index (χ3v) is 4.54. The molecule has 0 unspecified atom stereocenters. The Morgan fingerprint density at radius 2 is 1.71 bits per heavy atom. The van der Waals surface area contributed by atoms with Crippen LogP contribution in [-0.2, 0) is 9.59 Å². The van der Waals surface area contributed by atoms with Crippen molar-refractivity contribution in [1.29, 1.82) is 0 Å². The van der Waals surface area contributed by atoms with Gasteiger partial charge < -0.3 is 10.6 Å². The van der Waals surface area contributed by atoms with Crippen molar-refractivity contribution in [2.75, 3.05) is 13.1 Å². The topological polar surface area (TPSA) is 76.0 Å². The minimum Gasteiger partial charge on any atom is -0.354 e. The smallest absolute Gasteiger partial charge is 0.244 e. The normalized spacial score (nSPS) is 11.1. The Labute approximate surface area is 180 Å². The number of rotatable bonds is 8. The zero-order valence-electron chi connectivity index (χ0n) is 17.5. The summed E-state index contributed by atoms with van der Waals surface area (Å²) >= 11 is 0. The molecular weight excluding hydrogens is 395 g/mol. The molecule has 6 nitrogen and oxygen atoms in total. The molecule has 0 saturated heterocycles. The third-order valence-electron chi connectivity index (χ3n) is 4.54. The van der Waals surface area contributed by atoms with Crippen molar-refractivity contribution in [3.05, 3.63) is 78.3 Å². The van der Waals surface area contributed by atoms with E-state index in [-0.39, 0.29) is 23.5 Å². The first-order valence-electron chi connectivity index (χ1n) is 10.1. The van der Waals surface area contributed by atoms with Crippen LogP contribution in [0.15, 0.2) is 66.9 Å². The third kappa shape index (κ3) is 6.12. The summed E-state index contributed by atoms with van der Waals surface area (Å²) in [5.74, 6) is -0.757. The molecule has 0 radical (unpaired) electrons. The van der Waals surface area contributed by atoms with Gasteiger partial charge in [-0.25, -0.2) is 9.07 Å². The monoisotopic (exact) mass is 420 g/mol. The number of carbonyl (C=O) groups excluding carboxylic acids is 2. The highest BCUT2D eigenvalue weighted by Crippen LogP contribution is 2.25. The van der Waals surface area contributed by atoms with Crippen LogP contribution in [0.2, 0.25) is 0 Å². The van der Waals surface area contributed by atoms with Crippen LogP contribution >= 0.6 is 0 Å². The maximum Gasteiger partial charge on any atom is 0.244 e. The lowest BCUT2D eigenvalue weighted by molar-refractivity contribution is -0.124. The molecule has 0 spiro atoms. The van der Waals surface area contributed by atoms with E-state index < -0.39 is 0 Å². The van der Waals surface area contributed by atoms with E-state index in [1.54, 1.807) is 22.9 Å². The van der Waals surface area contributed by atoms with E-state index in [9.17, 15) is 14.0 Å². The first-order chi connectivity index (χ1) is 14.9. The Morgan fingerprint density at radius 1 is 1.03 bits per heavy atom. The molecule has 0 bridgehead atoms. The Morgan fingerprint density at radius 3 is 2.39 bits per heavy atom. The molecule has 0 atom stereocenters. The Hall–Kier alpha value is -3.74. The summed E-state index contributed by atoms with van der Waals surface area (Å²) in [7, 11) is 0. The Bertz CT molecular complexity index is 1060. The number of hydrogen-bond donors (Lipinski definition) is 2. The van der Waals surface area contributed by atoms with Crippen LogP contribution in [0.1, 0.15) is 19.4 Å². The zero-order chi connectivity index (χ0) is 22.2. The number of halogens is 1. The number of amides is 2. The molecule has 2 N–H and O–H groups in total. The van der Waals surface area contributed by atoms with Crippen LogP contribution in [0.5, 0.6) is 0 Å². The van der Waals surface area contributed by atoms with Crippen molar-refractivity contribution in [3.8, 4) is 16.9 Å². The van der Waals surface area contributed by atoms with Crippen molar-refractivity contribution in [2.24, 2.45) is 5.92 Å². The quantitative estimate of drug-likeness (QED) is 0.432. The summed E-state index contributed by atoms with van der Waals surface area (Å²) in [6.07, 6.45) is 4.91. The molecule has 31 heavy (non-hydrogen) atoms. The minimum absolute atomic E-state index is 0.0537. The Kier molecular flexibility index (Phi) is 7.32. The van der Waals surface area contributed by atoms with Gasteiger partial charge in [-0.15, -0.1) is 0 Å². The van der Waals surface area contributed by atoms with Crippen LogP contribution < -0.4 is 10.6 Å². The maximum absolute atomic E-state index is 13.3. The second-order valence-electron chi connectivity index (χ2n) is 7.29. The van der Waals surface area contributed by atoms with E-state index >= 15 is 0 Å². The van der Waals surface area contributed by atoms with Crippen molar-refractivity contribution in [3.63, 3.8) is 0 Å². The number of nitrogens with one attached hydrogen (secondary N) is 2. The van der Waals surface area contributed by atoms with Crippen LogP contribution in [0.25, 0.3) is 23.0 Å². The van der Waals surface area contributed by atoms with Gasteiger partial charge in [0.1, 0.15) is 5.82 Å². The van der Waals surface area contributed by atoms with Crippen molar-refractivity contribution >= 4 is 17.9 Å². The predicted octanol–water partition coefficient (Wildman–Crippen LogP) is 3.58. The predicted molar refractivity (Wildman–Crippen MR) is 119 cm³/mol. The lowest BCUT2D eigenvalue weighted by atomic mass is 10.1. The number of carbonyl (C=O) groups is 2. The minimum atomic E-state index is -0.327. The number of para-hydroxylation sites is 1. The van der Waals surface area contributed by atoms with E-state index in [1.807, 2.05) is 50.4 Å². The number of aromatic nitrogens is 2. The average Bonchev–Trinajstić information content (AvgIpc) is 3.20. The fourth-order valence-electron chi connectivity index (χ4n) is 2.85. The molecule has 1 heterocycles. The van der Waals surface area contributed by atoms with E-state index in [0.717, 1.165) is 16.8 Å². The van der Waals surface area contributed by atoms with Crippen LogP contribution in [0, 0.1) is 11.7 Å².